The fourth-order valence-electron chi connectivity index (χ4n) is 1.33. The Balaban J connectivity index is 2.79. The van der Waals surface area contributed by atoms with Gasteiger partial charge in [0.05, 0.1) is 25.1 Å². The normalized spacial score (nSPS) is 10.4. The summed E-state index contributed by atoms with van der Waals surface area (Å²) in [6.07, 6.45) is 2.36. The highest BCUT2D eigenvalue weighted by Crippen LogP contribution is 2.19. The smallest absolute Gasteiger partial charge is 0.343 e. The lowest BCUT2D eigenvalue weighted by Crippen LogP contribution is -2.11. The Labute approximate surface area is 107 Å². The molecule has 0 saturated heterocycles. The number of nitrogens with zero attached hydrogens (tertiary/aromatic N) is 1. The van der Waals surface area contributed by atoms with E-state index >= 15 is 0 Å². The Bertz CT molecular complexity index is 405. The van der Waals surface area contributed by atoms with E-state index in [1.54, 1.807) is 6.92 Å². The van der Waals surface area contributed by atoms with E-state index in [0.29, 0.717) is 24.8 Å². The first-order valence-electron chi connectivity index (χ1n) is 6.10. The van der Waals surface area contributed by atoms with Gasteiger partial charge in [-0.25, -0.2) is 9.78 Å². The Morgan fingerprint density at radius 1 is 1.50 bits per heavy atom. The molecule has 0 atom stereocenters. The van der Waals surface area contributed by atoms with Crippen molar-refractivity contribution in [1.29, 1.82) is 0 Å². The van der Waals surface area contributed by atoms with Crippen molar-refractivity contribution in [2.24, 2.45) is 5.92 Å². The predicted octanol–water partition coefficient (Wildman–Crippen LogP) is 2.27. The third kappa shape index (κ3) is 4.24. The summed E-state index contributed by atoms with van der Waals surface area (Å²) < 4.78 is 10.4. The third-order valence-electron chi connectivity index (χ3n) is 2.30. The van der Waals surface area contributed by atoms with Gasteiger partial charge in [0.15, 0.2) is 0 Å². The first-order chi connectivity index (χ1) is 8.54. The SMILES string of the molecule is CCOC(=O)c1cc(N)cnc1OCCC(C)C. The van der Waals surface area contributed by atoms with Gasteiger partial charge in [0.1, 0.15) is 5.56 Å². The minimum absolute atomic E-state index is 0.278. The van der Waals surface area contributed by atoms with Crippen LogP contribution in [0.4, 0.5) is 5.69 Å². The lowest BCUT2D eigenvalue weighted by molar-refractivity contribution is 0.0520. The summed E-state index contributed by atoms with van der Waals surface area (Å²) in [5.74, 6) is 0.352. The minimum Gasteiger partial charge on any atom is -0.477 e. The number of pyridine rings is 1. The second kappa shape index (κ2) is 6.83. The van der Waals surface area contributed by atoms with E-state index in [0.717, 1.165) is 6.42 Å². The molecular formula is C13H20N2O3. The standard InChI is InChI=1S/C13H20N2O3/c1-4-17-13(16)11-7-10(14)8-15-12(11)18-6-5-9(2)3/h7-9H,4-6,14H2,1-3H3. The van der Waals surface area contributed by atoms with Gasteiger partial charge in [-0.3, -0.25) is 0 Å². The van der Waals surface area contributed by atoms with Crippen molar-refractivity contribution in [3.8, 4) is 5.88 Å². The number of anilines is 1. The van der Waals surface area contributed by atoms with Gasteiger partial charge in [0.2, 0.25) is 5.88 Å². The van der Waals surface area contributed by atoms with Gasteiger partial charge in [-0.1, -0.05) is 13.8 Å². The molecule has 0 aliphatic heterocycles. The minimum atomic E-state index is -0.461. The van der Waals surface area contributed by atoms with E-state index in [-0.39, 0.29) is 11.4 Å². The number of carbonyl (C=O) groups is 1. The second-order valence-corrected chi connectivity index (χ2v) is 4.37. The number of nitrogen functional groups attached to an aromatic ring is 1. The number of esters is 1. The number of hydrogen-bond donors (Lipinski definition) is 1. The van der Waals surface area contributed by atoms with Crippen LogP contribution in [0.2, 0.25) is 0 Å². The molecule has 2 N–H and O–H groups in total. The molecule has 5 heteroatoms. The molecule has 0 unspecified atom stereocenters. The summed E-state index contributed by atoms with van der Waals surface area (Å²) in [4.78, 5) is 15.7. The Morgan fingerprint density at radius 3 is 2.83 bits per heavy atom. The summed E-state index contributed by atoms with van der Waals surface area (Å²) in [6.45, 7) is 6.77. The molecule has 0 aliphatic rings. The van der Waals surface area contributed by atoms with Gasteiger partial charge in [0.25, 0.3) is 0 Å². The number of nitrogens with two attached hydrogens (primary N) is 1. The summed E-state index contributed by atoms with van der Waals surface area (Å²) in [5, 5.41) is 0. The van der Waals surface area contributed by atoms with E-state index in [2.05, 4.69) is 18.8 Å². The zero-order valence-electron chi connectivity index (χ0n) is 11.1. The molecule has 0 fully saturated rings. The molecule has 0 radical (unpaired) electrons. The van der Waals surface area contributed by atoms with Crippen LogP contribution in [0, 0.1) is 5.92 Å². The number of rotatable bonds is 6. The van der Waals surface area contributed by atoms with E-state index in [1.165, 1.54) is 12.3 Å². The summed E-state index contributed by atoms with van der Waals surface area (Å²) in [6, 6.07) is 1.52. The lowest BCUT2D eigenvalue weighted by Gasteiger charge is -2.11. The van der Waals surface area contributed by atoms with Gasteiger partial charge in [0, 0.05) is 0 Å². The van der Waals surface area contributed by atoms with Gasteiger partial charge in [-0.05, 0) is 25.3 Å². The molecular weight excluding hydrogens is 232 g/mol. The van der Waals surface area contributed by atoms with E-state index in [4.69, 9.17) is 15.2 Å². The van der Waals surface area contributed by atoms with E-state index in [1.807, 2.05) is 0 Å². The van der Waals surface area contributed by atoms with Crippen LogP contribution in [0.1, 0.15) is 37.6 Å². The maximum absolute atomic E-state index is 11.7. The van der Waals surface area contributed by atoms with Crippen molar-refractivity contribution in [2.75, 3.05) is 18.9 Å². The van der Waals surface area contributed by atoms with Crippen LogP contribution in [-0.4, -0.2) is 24.2 Å². The maximum Gasteiger partial charge on any atom is 0.343 e. The van der Waals surface area contributed by atoms with Crippen molar-refractivity contribution in [3.05, 3.63) is 17.8 Å². The van der Waals surface area contributed by atoms with Gasteiger partial charge >= 0.3 is 5.97 Å². The monoisotopic (exact) mass is 252 g/mol. The van der Waals surface area contributed by atoms with Crippen molar-refractivity contribution >= 4 is 11.7 Å². The summed E-state index contributed by atoms with van der Waals surface area (Å²) >= 11 is 0. The van der Waals surface area contributed by atoms with Gasteiger partial charge in [-0.15, -0.1) is 0 Å². The molecule has 1 heterocycles. The fourth-order valence-corrected chi connectivity index (χ4v) is 1.33. The van der Waals surface area contributed by atoms with Crippen LogP contribution in [0.5, 0.6) is 5.88 Å². The average molecular weight is 252 g/mol. The fraction of sp³-hybridized carbons (Fsp3) is 0.538. The summed E-state index contributed by atoms with van der Waals surface area (Å²) in [5.41, 5.74) is 6.30. The summed E-state index contributed by atoms with van der Waals surface area (Å²) in [7, 11) is 0. The zero-order chi connectivity index (χ0) is 13.5. The molecule has 1 aromatic rings. The van der Waals surface area contributed by atoms with Gasteiger partial charge < -0.3 is 15.2 Å². The van der Waals surface area contributed by atoms with Crippen molar-refractivity contribution in [3.63, 3.8) is 0 Å². The molecule has 1 aromatic heterocycles. The van der Waals surface area contributed by atoms with Crippen LogP contribution in [0.3, 0.4) is 0 Å². The highest BCUT2D eigenvalue weighted by atomic mass is 16.5. The molecule has 100 valence electrons. The largest absolute Gasteiger partial charge is 0.477 e. The number of hydrogen-bond acceptors (Lipinski definition) is 5. The predicted molar refractivity (Wildman–Crippen MR) is 69.6 cm³/mol. The Morgan fingerprint density at radius 2 is 2.22 bits per heavy atom. The van der Waals surface area contributed by atoms with E-state index in [9.17, 15) is 4.79 Å². The first kappa shape index (κ1) is 14.3. The van der Waals surface area contributed by atoms with Crippen LogP contribution >= 0.6 is 0 Å². The molecule has 0 aliphatic carbocycles. The molecule has 0 saturated carbocycles. The first-order valence-corrected chi connectivity index (χ1v) is 6.10. The highest BCUT2D eigenvalue weighted by Gasteiger charge is 2.15. The Hall–Kier alpha value is -1.78. The van der Waals surface area contributed by atoms with Crippen LogP contribution in [0.15, 0.2) is 12.3 Å². The molecule has 1 rings (SSSR count). The van der Waals surface area contributed by atoms with Crippen LogP contribution in [-0.2, 0) is 4.74 Å². The van der Waals surface area contributed by atoms with Crippen LogP contribution in [0.25, 0.3) is 0 Å². The molecule has 0 bridgehead atoms. The van der Waals surface area contributed by atoms with E-state index < -0.39 is 5.97 Å². The molecule has 0 aromatic carbocycles. The highest BCUT2D eigenvalue weighted by molar-refractivity contribution is 5.92. The van der Waals surface area contributed by atoms with Crippen molar-refractivity contribution in [2.45, 2.75) is 27.2 Å². The maximum atomic E-state index is 11.7. The lowest BCUT2D eigenvalue weighted by atomic mass is 10.1. The molecule has 18 heavy (non-hydrogen) atoms. The topological polar surface area (TPSA) is 74.4 Å². The zero-order valence-corrected chi connectivity index (χ0v) is 11.1. The van der Waals surface area contributed by atoms with Crippen molar-refractivity contribution in [1.82, 2.24) is 4.98 Å². The number of ether oxygens (including phenoxy) is 2. The third-order valence-corrected chi connectivity index (χ3v) is 2.30. The van der Waals surface area contributed by atoms with Crippen molar-refractivity contribution < 1.29 is 14.3 Å². The second-order valence-electron chi connectivity index (χ2n) is 4.37. The number of carbonyl (C=O) groups excluding carboxylic acids is 1. The molecule has 5 nitrogen and oxygen atoms in total. The molecule has 0 amide bonds. The van der Waals surface area contributed by atoms with Gasteiger partial charge in [-0.2, -0.15) is 0 Å². The quantitative estimate of drug-likeness (QED) is 0.786. The number of aromatic nitrogens is 1. The average Bonchev–Trinajstić information content (AvgIpc) is 2.31. The van der Waals surface area contributed by atoms with Crippen LogP contribution < -0.4 is 10.5 Å². The molecule has 0 spiro atoms. The Kier molecular flexibility index (Phi) is 5.42.